The first kappa shape index (κ1) is 28.9. The Kier molecular flexibility index (Phi) is 9.52. The number of benzene rings is 5. The van der Waals surface area contributed by atoms with Crippen LogP contribution < -0.4 is 23.7 Å². The Morgan fingerprint density at radius 3 is 1.76 bits per heavy atom. The molecule has 0 heterocycles. The molecular weight excluding hydrogens is 548 g/mol. The van der Waals surface area contributed by atoms with Gasteiger partial charge in [0.15, 0.2) is 0 Å². The van der Waals surface area contributed by atoms with E-state index in [0.29, 0.717) is 53.6 Å². The van der Waals surface area contributed by atoms with Crippen molar-refractivity contribution in [3.8, 4) is 51.4 Å². The van der Waals surface area contributed by atoms with Crippen LogP contribution in [0, 0.1) is 13.8 Å². The van der Waals surface area contributed by atoms with E-state index in [1.165, 1.54) is 5.56 Å². The van der Waals surface area contributed by atoms with Crippen LogP contribution in [-0.4, -0.2) is 19.8 Å². The Morgan fingerprint density at radius 1 is 0.500 bits per heavy atom. The van der Waals surface area contributed by atoms with Gasteiger partial charge in [0.05, 0.1) is 6.61 Å². The summed E-state index contributed by atoms with van der Waals surface area (Å²) >= 11 is 6.68. The fraction of sp³-hybridized carbons (Fsp3) is 0.167. The highest BCUT2D eigenvalue weighted by Gasteiger charge is 2.14. The molecule has 5 aromatic carbocycles. The summed E-state index contributed by atoms with van der Waals surface area (Å²) in [4.78, 5) is 0. The van der Waals surface area contributed by atoms with Gasteiger partial charge in [0.2, 0.25) is 0 Å². The number of hydrogen-bond donors (Lipinski definition) is 0. The third-order valence-electron chi connectivity index (χ3n) is 6.39. The molecule has 42 heavy (non-hydrogen) atoms. The zero-order chi connectivity index (χ0) is 29.3. The van der Waals surface area contributed by atoms with Crippen LogP contribution in [0.25, 0.3) is 11.1 Å². The molecule has 0 spiro atoms. The van der Waals surface area contributed by atoms with Gasteiger partial charge in [-0.3, -0.25) is 0 Å². The maximum atomic E-state index is 6.68. The van der Waals surface area contributed by atoms with E-state index < -0.39 is 0 Å². The quantitative estimate of drug-likeness (QED) is 0.137. The maximum absolute atomic E-state index is 6.68. The average molecular weight is 581 g/mol. The highest BCUT2D eigenvalue weighted by Crippen LogP contribution is 2.40. The predicted molar refractivity (Wildman–Crippen MR) is 168 cm³/mol. The van der Waals surface area contributed by atoms with E-state index in [1.54, 1.807) is 0 Å². The smallest absolute Gasteiger partial charge is 0.135 e. The molecule has 6 heteroatoms. The normalized spacial score (nSPS) is 10.7. The summed E-state index contributed by atoms with van der Waals surface area (Å²) in [5.41, 5.74) is 3.96. The third-order valence-corrected chi connectivity index (χ3v) is 6.72. The molecule has 5 rings (SSSR count). The topological polar surface area (TPSA) is 46.2 Å². The van der Waals surface area contributed by atoms with E-state index in [-0.39, 0.29) is 0 Å². The molecule has 5 nitrogen and oxygen atoms in total. The highest BCUT2D eigenvalue weighted by molar-refractivity contribution is 6.33. The molecule has 0 atom stereocenters. The van der Waals surface area contributed by atoms with Gasteiger partial charge in [0, 0.05) is 28.3 Å². The number of aryl methyl sites for hydroxylation is 2. The molecule has 214 valence electrons. The zero-order valence-corrected chi connectivity index (χ0v) is 24.7. The Bertz CT molecular complexity index is 1630. The lowest BCUT2D eigenvalue weighted by Gasteiger charge is -2.16. The molecule has 0 aromatic heterocycles. The lowest BCUT2D eigenvalue weighted by Crippen LogP contribution is -2.09. The van der Waals surface area contributed by atoms with Gasteiger partial charge in [0.1, 0.15) is 53.5 Å². The van der Waals surface area contributed by atoms with Crippen LogP contribution in [0.15, 0.2) is 109 Å². The lowest BCUT2D eigenvalue weighted by molar-refractivity contribution is 0.217. The van der Waals surface area contributed by atoms with Gasteiger partial charge in [-0.2, -0.15) is 0 Å². The molecular formula is C36H33ClO5. The fourth-order valence-electron chi connectivity index (χ4n) is 4.35. The molecule has 0 aliphatic rings. The van der Waals surface area contributed by atoms with Gasteiger partial charge in [-0.05, 0) is 87.5 Å². The molecule has 0 aliphatic carbocycles. The average Bonchev–Trinajstić information content (AvgIpc) is 2.99. The number of ether oxygens (including phenoxy) is 5. The van der Waals surface area contributed by atoms with Gasteiger partial charge in [-0.25, -0.2) is 0 Å². The van der Waals surface area contributed by atoms with Crippen molar-refractivity contribution in [2.45, 2.75) is 20.8 Å². The standard InChI is InChI=1S/C36H33ClO5/c1-4-38-28-7-5-10-32(22-28)42-36-18-13-26(3)21-34(36)33-24-30(16-17-35(33)37)40-20-19-39-29-8-6-9-31(23-29)41-27-14-11-25(2)12-15-27/h5-18,21-24H,4,19-20H2,1-3H3. The van der Waals surface area contributed by atoms with Crippen molar-refractivity contribution in [3.63, 3.8) is 0 Å². The molecule has 0 saturated heterocycles. The fourth-order valence-corrected chi connectivity index (χ4v) is 4.57. The summed E-state index contributed by atoms with van der Waals surface area (Å²) in [5.74, 6) is 4.99. The van der Waals surface area contributed by atoms with Crippen LogP contribution >= 0.6 is 11.6 Å². The van der Waals surface area contributed by atoms with Crippen LogP contribution in [0.4, 0.5) is 0 Å². The summed E-state index contributed by atoms with van der Waals surface area (Å²) in [5, 5.41) is 0.600. The van der Waals surface area contributed by atoms with Crippen molar-refractivity contribution in [3.05, 3.63) is 125 Å². The molecule has 5 aromatic rings. The minimum Gasteiger partial charge on any atom is -0.494 e. The van der Waals surface area contributed by atoms with Crippen LogP contribution in [0.3, 0.4) is 0 Å². The van der Waals surface area contributed by atoms with Gasteiger partial charge in [-0.1, -0.05) is 53.1 Å². The van der Waals surface area contributed by atoms with Crippen LogP contribution in [-0.2, 0) is 0 Å². The number of halogens is 1. The van der Waals surface area contributed by atoms with Crippen molar-refractivity contribution in [2.75, 3.05) is 19.8 Å². The van der Waals surface area contributed by atoms with Gasteiger partial charge < -0.3 is 23.7 Å². The van der Waals surface area contributed by atoms with Crippen molar-refractivity contribution >= 4 is 11.6 Å². The van der Waals surface area contributed by atoms with E-state index in [9.17, 15) is 0 Å². The first-order chi connectivity index (χ1) is 20.5. The van der Waals surface area contributed by atoms with E-state index in [1.807, 2.05) is 124 Å². The van der Waals surface area contributed by atoms with Gasteiger partial charge >= 0.3 is 0 Å². The number of rotatable bonds is 12. The second-order valence-corrected chi connectivity index (χ2v) is 10.1. The minimum atomic E-state index is 0.353. The zero-order valence-electron chi connectivity index (χ0n) is 23.9. The molecule has 0 amide bonds. The van der Waals surface area contributed by atoms with Gasteiger partial charge in [0.25, 0.3) is 0 Å². The monoisotopic (exact) mass is 580 g/mol. The summed E-state index contributed by atoms with van der Waals surface area (Å²) in [7, 11) is 0. The highest BCUT2D eigenvalue weighted by atomic mass is 35.5. The van der Waals surface area contributed by atoms with Crippen LogP contribution in [0.1, 0.15) is 18.1 Å². The second kappa shape index (κ2) is 13.8. The van der Waals surface area contributed by atoms with Gasteiger partial charge in [-0.15, -0.1) is 0 Å². The molecule has 0 fully saturated rings. The van der Waals surface area contributed by atoms with Crippen LogP contribution in [0.5, 0.6) is 40.2 Å². The van der Waals surface area contributed by atoms with E-state index >= 15 is 0 Å². The molecule has 0 bridgehead atoms. The van der Waals surface area contributed by atoms with Crippen molar-refractivity contribution in [2.24, 2.45) is 0 Å². The Labute approximate surface area is 252 Å². The molecule has 0 N–H and O–H groups in total. The van der Waals surface area contributed by atoms with E-state index in [2.05, 4.69) is 6.07 Å². The summed E-state index contributed by atoms with van der Waals surface area (Å²) in [6.07, 6.45) is 0. The largest absolute Gasteiger partial charge is 0.494 e. The Balaban J connectivity index is 1.24. The van der Waals surface area contributed by atoms with E-state index in [0.717, 1.165) is 28.2 Å². The Morgan fingerprint density at radius 2 is 1.07 bits per heavy atom. The first-order valence-electron chi connectivity index (χ1n) is 13.9. The third kappa shape index (κ3) is 7.77. The number of hydrogen-bond acceptors (Lipinski definition) is 5. The molecule has 0 saturated carbocycles. The van der Waals surface area contributed by atoms with Crippen molar-refractivity contribution in [1.29, 1.82) is 0 Å². The molecule has 0 unspecified atom stereocenters. The Hall–Kier alpha value is -4.61. The van der Waals surface area contributed by atoms with Crippen LogP contribution in [0.2, 0.25) is 5.02 Å². The second-order valence-electron chi connectivity index (χ2n) is 9.74. The lowest BCUT2D eigenvalue weighted by atomic mass is 10.0. The molecule has 0 radical (unpaired) electrons. The first-order valence-corrected chi connectivity index (χ1v) is 14.3. The summed E-state index contributed by atoms with van der Waals surface area (Å²) in [6.45, 7) is 7.34. The van der Waals surface area contributed by atoms with Crippen molar-refractivity contribution in [1.82, 2.24) is 0 Å². The molecule has 0 aliphatic heterocycles. The van der Waals surface area contributed by atoms with E-state index in [4.69, 9.17) is 35.3 Å². The maximum Gasteiger partial charge on any atom is 0.135 e. The SMILES string of the molecule is CCOc1cccc(Oc2ccc(C)cc2-c2cc(OCCOc3cccc(Oc4ccc(C)cc4)c3)ccc2Cl)c1. The van der Waals surface area contributed by atoms with Crippen molar-refractivity contribution < 1.29 is 23.7 Å². The summed E-state index contributed by atoms with van der Waals surface area (Å²) < 4.78 is 29.8. The minimum absolute atomic E-state index is 0.353. The summed E-state index contributed by atoms with van der Waals surface area (Å²) in [6, 6.07) is 34.7. The predicted octanol–water partition coefficient (Wildman–Crippen LogP) is 10.1.